The van der Waals surface area contributed by atoms with E-state index in [1.807, 2.05) is 6.08 Å². The number of carbonyl (C=O) groups is 1. The van der Waals surface area contributed by atoms with Crippen LogP contribution in [0.15, 0.2) is 24.5 Å². The molecular weight excluding hydrogens is 224 g/mol. The molecule has 0 aromatic carbocycles. The Labute approximate surface area is 112 Å². The summed E-state index contributed by atoms with van der Waals surface area (Å²) in [6.45, 7) is 3.65. The lowest BCUT2D eigenvalue weighted by Gasteiger charge is -1.99. The van der Waals surface area contributed by atoms with Crippen molar-refractivity contribution in [3.05, 3.63) is 24.5 Å². The van der Waals surface area contributed by atoms with Crippen molar-refractivity contribution in [2.45, 2.75) is 71.6 Å². The van der Waals surface area contributed by atoms with Gasteiger partial charge in [-0.1, -0.05) is 64.0 Å². The summed E-state index contributed by atoms with van der Waals surface area (Å²) < 4.78 is 4.66. The molecule has 0 atom stereocenters. The van der Waals surface area contributed by atoms with Gasteiger partial charge in [0.25, 0.3) is 0 Å². The fourth-order valence-corrected chi connectivity index (χ4v) is 1.75. The van der Waals surface area contributed by atoms with Crippen LogP contribution < -0.4 is 0 Å². The van der Waals surface area contributed by atoms with Gasteiger partial charge in [-0.05, 0) is 18.9 Å². The summed E-state index contributed by atoms with van der Waals surface area (Å²) in [5.41, 5.74) is 0. The first-order chi connectivity index (χ1) is 8.77. The van der Waals surface area contributed by atoms with Gasteiger partial charge in [0.15, 0.2) is 0 Å². The highest BCUT2D eigenvalue weighted by atomic mass is 16.5. The van der Waals surface area contributed by atoms with Gasteiger partial charge < -0.3 is 4.74 Å². The molecule has 0 heterocycles. The largest absolute Gasteiger partial charge is 0.435 e. The summed E-state index contributed by atoms with van der Waals surface area (Å²) in [4.78, 5) is 10.4. The minimum absolute atomic E-state index is 0.275. The van der Waals surface area contributed by atoms with Crippen LogP contribution in [0.2, 0.25) is 0 Å². The quantitative estimate of drug-likeness (QED) is 0.220. The Balaban J connectivity index is 3.17. The Morgan fingerprint density at radius 3 is 2.17 bits per heavy atom. The molecule has 104 valence electrons. The first-order valence-electron chi connectivity index (χ1n) is 7.26. The number of esters is 1. The van der Waals surface area contributed by atoms with E-state index in [-0.39, 0.29) is 5.97 Å². The van der Waals surface area contributed by atoms with Crippen molar-refractivity contribution < 1.29 is 9.53 Å². The van der Waals surface area contributed by atoms with E-state index in [0.29, 0.717) is 0 Å². The molecule has 2 nitrogen and oxygen atoms in total. The van der Waals surface area contributed by atoms with E-state index in [4.69, 9.17) is 0 Å². The van der Waals surface area contributed by atoms with Crippen molar-refractivity contribution in [1.82, 2.24) is 0 Å². The zero-order chi connectivity index (χ0) is 13.5. The van der Waals surface area contributed by atoms with Gasteiger partial charge in [-0.25, -0.2) is 0 Å². The van der Waals surface area contributed by atoms with Crippen molar-refractivity contribution in [1.29, 1.82) is 0 Å². The highest BCUT2D eigenvalue weighted by molar-refractivity contribution is 5.66. The Morgan fingerprint density at radius 2 is 1.56 bits per heavy atom. The normalized spacial score (nSPS) is 11.4. The number of carbonyl (C=O) groups excluding carboxylic acids is 1. The van der Waals surface area contributed by atoms with Gasteiger partial charge in [0, 0.05) is 6.92 Å². The zero-order valence-corrected chi connectivity index (χ0v) is 12.0. The molecule has 0 aliphatic carbocycles. The number of ether oxygens (including phenoxy) is 1. The minimum Gasteiger partial charge on any atom is -0.435 e. The van der Waals surface area contributed by atoms with Crippen molar-refractivity contribution in [3.63, 3.8) is 0 Å². The lowest BCUT2D eigenvalue weighted by Crippen LogP contribution is -1.88. The molecule has 0 saturated heterocycles. The van der Waals surface area contributed by atoms with E-state index in [1.54, 1.807) is 6.08 Å². The van der Waals surface area contributed by atoms with Crippen LogP contribution in [0.4, 0.5) is 0 Å². The van der Waals surface area contributed by atoms with Gasteiger partial charge >= 0.3 is 5.97 Å². The van der Waals surface area contributed by atoms with Crippen molar-refractivity contribution in [2.75, 3.05) is 0 Å². The molecule has 0 spiro atoms. The summed E-state index contributed by atoms with van der Waals surface area (Å²) >= 11 is 0. The first-order valence-corrected chi connectivity index (χ1v) is 7.26. The third-order valence-electron chi connectivity index (χ3n) is 2.78. The Hall–Kier alpha value is -1.05. The van der Waals surface area contributed by atoms with Gasteiger partial charge in [-0.3, -0.25) is 4.79 Å². The molecule has 0 N–H and O–H groups in total. The third kappa shape index (κ3) is 14.9. The molecule has 0 aromatic rings. The van der Waals surface area contributed by atoms with Gasteiger partial charge in [-0.2, -0.15) is 0 Å². The lowest BCUT2D eigenvalue weighted by atomic mass is 10.1. The van der Waals surface area contributed by atoms with Crippen LogP contribution in [0.5, 0.6) is 0 Å². The van der Waals surface area contributed by atoms with Crippen molar-refractivity contribution >= 4 is 5.97 Å². The van der Waals surface area contributed by atoms with E-state index < -0.39 is 0 Å². The van der Waals surface area contributed by atoms with Crippen LogP contribution in [0.1, 0.15) is 71.6 Å². The number of allylic oxidation sites excluding steroid dienone is 3. The molecule has 0 unspecified atom stereocenters. The Kier molecular flexibility index (Phi) is 13.2. The molecule has 0 radical (unpaired) electrons. The molecular formula is C16H28O2. The monoisotopic (exact) mass is 252 g/mol. The van der Waals surface area contributed by atoms with Crippen LogP contribution in [0, 0.1) is 0 Å². The van der Waals surface area contributed by atoms with Crippen LogP contribution >= 0.6 is 0 Å². The molecule has 0 aliphatic rings. The van der Waals surface area contributed by atoms with Crippen molar-refractivity contribution in [2.24, 2.45) is 0 Å². The molecule has 0 rings (SSSR count). The summed E-state index contributed by atoms with van der Waals surface area (Å²) in [5.74, 6) is -0.275. The second-order valence-electron chi connectivity index (χ2n) is 4.63. The minimum atomic E-state index is -0.275. The molecule has 0 aliphatic heterocycles. The summed E-state index contributed by atoms with van der Waals surface area (Å²) in [5, 5.41) is 0. The van der Waals surface area contributed by atoms with Crippen molar-refractivity contribution in [3.8, 4) is 0 Å². The standard InChI is InChI=1S/C16H28O2/c1-3-4-5-6-7-8-9-10-11-12-13-14-15-18-16(2)17/h12-15H,3-11H2,1-2H3/b13-12+,15-14-. The Morgan fingerprint density at radius 1 is 0.944 bits per heavy atom. The molecule has 18 heavy (non-hydrogen) atoms. The molecule has 0 amide bonds. The molecule has 0 aromatic heterocycles. The maximum Gasteiger partial charge on any atom is 0.307 e. The number of hydrogen-bond acceptors (Lipinski definition) is 2. The fourth-order valence-electron chi connectivity index (χ4n) is 1.75. The first kappa shape index (κ1) is 16.9. The van der Waals surface area contributed by atoms with E-state index in [2.05, 4.69) is 17.7 Å². The van der Waals surface area contributed by atoms with Gasteiger partial charge in [0.2, 0.25) is 0 Å². The number of hydrogen-bond donors (Lipinski definition) is 0. The predicted octanol–water partition coefficient (Wildman–Crippen LogP) is 5.15. The number of rotatable bonds is 11. The van der Waals surface area contributed by atoms with Crippen LogP contribution in [-0.2, 0) is 9.53 Å². The second kappa shape index (κ2) is 14.0. The van der Waals surface area contributed by atoms with Crippen LogP contribution in [0.3, 0.4) is 0 Å². The van der Waals surface area contributed by atoms with Crippen LogP contribution in [0.25, 0.3) is 0 Å². The van der Waals surface area contributed by atoms with E-state index in [0.717, 1.165) is 6.42 Å². The van der Waals surface area contributed by atoms with Gasteiger partial charge in [-0.15, -0.1) is 0 Å². The summed E-state index contributed by atoms with van der Waals surface area (Å²) in [6, 6.07) is 0. The SMILES string of the molecule is CCCCCCCCCC/C=C/C=C\OC(C)=O. The predicted molar refractivity (Wildman–Crippen MR) is 77.3 cm³/mol. The van der Waals surface area contributed by atoms with Gasteiger partial charge in [0.1, 0.15) is 0 Å². The highest BCUT2D eigenvalue weighted by Gasteiger charge is 1.90. The molecule has 0 fully saturated rings. The topological polar surface area (TPSA) is 26.3 Å². The fraction of sp³-hybridized carbons (Fsp3) is 0.688. The summed E-state index contributed by atoms with van der Waals surface area (Å²) in [6.07, 6.45) is 19.2. The average Bonchev–Trinajstić information content (AvgIpc) is 2.34. The maximum absolute atomic E-state index is 10.4. The molecule has 2 heteroatoms. The maximum atomic E-state index is 10.4. The Bertz CT molecular complexity index is 241. The number of unbranched alkanes of at least 4 members (excludes halogenated alkanes) is 8. The van der Waals surface area contributed by atoms with E-state index >= 15 is 0 Å². The second-order valence-corrected chi connectivity index (χ2v) is 4.63. The smallest absolute Gasteiger partial charge is 0.307 e. The zero-order valence-electron chi connectivity index (χ0n) is 12.0. The lowest BCUT2D eigenvalue weighted by molar-refractivity contribution is -0.135. The summed E-state index contributed by atoms with van der Waals surface area (Å²) in [7, 11) is 0. The molecule has 0 bridgehead atoms. The van der Waals surface area contributed by atoms with Gasteiger partial charge in [0.05, 0.1) is 6.26 Å². The molecule has 0 saturated carbocycles. The average molecular weight is 252 g/mol. The highest BCUT2D eigenvalue weighted by Crippen LogP contribution is 2.09. The van der Waals surface area contributed by atoms with E-state index in [1.165, 1.54) is 64.6 Å². The third-order valence-corrected chi connectivity index (χ3v) is 2.78. The van der Waals surface area contributed by atoms with Crippen LogP contribution in [-0.4, -0.2) is 5.97 Å². The van der Waals surface area contributed by atoms with E-state index in [9.17, 15) is 4.79 Å².